The van der Waals surface area contributed by atoms with Gasteiger partial charge in [-0.05, 0) is 119 Å². The molecule has 0 radical (unpaired) electrons. The molecule has 0 spiro atoms. The van der Waals surface area contributed by atoms with Crippen LogP contribution in [0, 0.1) is 0 Å². The number of rotatable bonds is 44. The van der Waals surface area contributed by atoms with Crippen LogP contribution < -0.4 is 126 Å². The molecule has 8 bridgehead atoms. The summed E-state index contributed by atoms with van der Waals surface area (Å²) in [6, 6.07) is 26.5. The molecule has 594 valence electrons. The summed E-state index contributed by atoms with van der Waals surface area (Å²) < 4.78 is 49.6. The van der Waals surface area contributed by atoms with E-state index in [9.17, 15) is 38.4 Å². The number of carbonyl (C=O) groups is 8. The Morgan fingerprint density at radius 1 is 0.250 bits per heavy atom. The highest BCUT2D eigenvalue weighted by molar-refractivity contribution is 6.01. The van der Waals surface area contributed by atoms with Crippen molar-refractivity contribution in [2.75, 3.05) is 158 Å². The third kappa shape index (κ3) is 24.7. The van der Waals surface area contributed by atoms with E-state index in [0.29, 0.717) is 89.4 Å². The second-order valence-corrected chi connectivity index (χ2v) is 24.7. The molecule has 0 fully saturated rings. The highest BCUT2D eigenvalue weighted by Gasteiger charge is 2.24. The monoisotopic (exact) mass is 1540 g/mol. The van der Waals surface area contributed by atoms with Gasteiger partial charge in [0.05, 0.1) is 22.8 Å². The Balaban J connectivity index is 1.44. The van der Waals surface area contributed by atoms with Crippen LogP contribution in [0.1, 0.15) is 22.8 Å². The third-order valence-electron chi connectivity index (χ3n) is 16.1. The lowest BCUT2D eigenvalue weighted by molar-refractivity contribution is -0.123. The first-order chi connectivity index (χ1) is 54.4. The average molecular weight is 1540 g/mol. The topological polar surface area (TPSA) is 572 Å². The fourth-order valence-electron chi connectivity index (χ4n) is 11.2. The number of ether oxygens (including phenoxy) is 8. The van der Waals surface area contributed by atoms with Crippen LogP contribution >= 0.6 is 0 Å². The second kappa shape index (κ2) is 42.9. The van der Waals surface area contributed by atoms with Crippen molar-refractivity contribution in [1.29, 1.82) is 0 Å². The molecule has 2 aliphatic heterocycles. The normalized spacial score (nSPS) is 11.2. The zero-order chi connectivity index (χ0) is 79.7. The number of H-pyrrole nitrogens is 2. The van der Waals surface area contributed by atoms with Gasteiger partial charge in [-0.2, -0.15) is 0 Å². The maximum atomic E-state index is 13.2. The van der Waals surface area contributed by atoms with Gasteiger partial charge in [-0.3, -0.25) is 38.4 Å². The number of amides is 8. The third-order valence-corrected chi connectivity index (χ3v) is 16.1. The van der Waals surface area contributed by atoms with Crippen LogP contribution in [0.2, 0.25) is 0 Å². The van der Waals surface area contributed by atoms with Crippen molar-refractivity contribution in [3.05, 3.63) is 120 Å². The molecule has 4 aromatic carbocycles. The Labute approximate surface area is 643 Å². The van der Waals surface area contributed by atoms with Crippen molar-refractivity contribution in [1.82, 2.24) is 62.5 Å². The second-order valence-electron chi connectivity index (χ2n) is 24.7. The molecule has 26 N–H and O–H groups in total. The van der Waals surface area contributed by atoms with Crippen LogP contribution in [-0.2, 0) is 38.4 Å². The molecule has 0 aliphatic carbocycles. The van der Waals surface area contributed by atoms with Crippen molar-refractivity contribution in [2.45, 2.75) is 0 Å². The van der Waals surface area contributed by atoms with Crippen LogP contribution in [-0.4, -0.2) is 225 Å². The number of carbonyl (C=O) groups excluding carboxylic acids is 8. The van der Waals surface area contributed by atoms with Crippen molar-refractivity contribution < 1.29 is 76.3 Å². The quantitative estimate of drug-likeness (QED) is 0.0217. The molecular weight excluding hydrogens is 1450 g/mol. The van der Waals surface area contributed by atoms with Crippen molar-refractivity contribution in [2.24, 2.45) is 45.9 Å². The number of aromatic nitrogens is 4. The summed E-state index contributed by atoms with van der Waals surface area (Å²) in [4.78, 5) is 124. The minimum absolute atomic E-state index is 0.127. The van der Waals surface area contributed by atoms with Gasteiger partial charge >= 0.3 is 0 Å². The Morgan fingerprint density at radius 3 is 0.545 bits per heavy atom. The molecule has 0 saturated carbocycles. The van der Waals surface area contributed by atoms with Crippen molar-refractivity contribution in [3.8, 4) is 90.5 Å². The van der Waals surface area contributed by atoms with Gasteiger partial charge < -0.3 is 136 Å². The lowest BCUT2D eigenvalue weighted by Crippen LogP contribution is -2.33. The first-order valence-electron chi connectivity index (χ1n) is 36.0. The minimum atomic E-state index is -0.483. The molecule has 9 rings (SSSR count). The predicted octanol–water partition coefficient (Wildman–Crippen LogP) is -1.05. The zero-order valence-electron chi connectivity index (χ0n) is 61.6. The van der Waals surface area contributed by atoms with E-state index in [-0.39, 0.29) is 151 Å². The molecule has 36 heteroatoms. The van der Waals surface area contributed by atoms with Crippen LogP contribution in [0.3, 0.4) is 0 Å². The molecule has 112 heavy (non-hydrogen) atoms. The summed E-state index contributed by atoms with van der Waals surface area (Å²) >= 11 is 0. The Kier molecular flexibility index (Phi) is 31.9. The molecule has 0 atom stereocenters. The summed E-state index contributed by atoms with van der Waals surface area (Å²) in [5, 5.41) is 21.6. The number of nitrogens with two attached hydrogens (primary N) is 8. The van der Waals surface area contributed by atoms with E-state index in [2.05, 4.69) is 52.5 Å². The fourth-order valence-corrected chi connectivity index (χ4v) is 11.2. The molecule has 3 aromatic heterocycles. The Bertz CT molecular complexity index is 4000. The SMILES string of the molecule is NCCNC(=O)COc1cc(OCC(=O)NCCN)cc(-c2c3nc(c(-c4cc(OCC(=O)NCCN)cc(OCC(=O)NCCN)c4)c4ccc([nH]4)c(-c4cc(OCC(=O)NCCN)cc(OCC(=O)NCCN)c4)c4nc(c(-c5cc(OCC(=O)NCCN)cc(OCC(=O)NCCN)c5)c5ccc2[nH]5)C=C4)C=C3)c1. The van der Waals surface area contributed by atoms with E-state index in [0.717, 1.165) is 0 Å². The maximum absolute atomic E-state index is 13.2. The molecule has 36 nitrogen and oxygen atoms in total. The zero-order valence-corrected chi connectivity index (χ0v) is 61.6. The summed E-state index contributed by atoms with van der Waals surface area (Å²) in [6.07, 6.45) is 7.03. The smallest absolute Gasteiger partial charge is 0.257 e. The predicted molar refractivity (Wildman–Crippen MR) is 421 cm³/mol. The Morgan fingerprint density at radius 2 is 0.402 bits per heavy atom. The number of aromatic amines is 2. The number of hydrogen-bond acceptors (Lipinski definition) is 26. The standard InChI is InChI=1S/C76H94N20O16/c77-9-17-85-65(97)37-105-49-25-45(26-50(33-49)106-38-66(98)86-18-10-78)73-57-1-2-58(93-57)74(46-27-51(107-39-67(99)87-19-11-79)34-52(28-46)108-40-68(100)88-20-12-80)60-5-6-62(95-60)76(48-31-55(111-43-71(103)91-23-15-83)36-56(32-48)112-44-72(104)92-24-16-84)64-8-7-63(96-64)75(61-4-3-59(73)94-61)47-29-53(109-41-69(101)89-21-13-81)35-54(30-47)110-42-70(102)90-22-14-82/h1-8,25-36,93,96H,9-24,37-44,77-84H2,(H,85,97)(H,86,98)(H,87,99)(H,88,100)(H,89,101)(H,90,102)(H,91,103)(H,92,104). The number of nitrogens with zero attached hydrogens (tertiary/aromatic N) is 2. The summed E-state index contributed by atoms with van der Waals surface area (Å²) in [5.74, 6) is -2.85. The number of hydrogen-bond donors (Lipinski definition) is 18. The minimum Gasteiger partial charge on any atom is -0.484 e. The fraction of sp³-hybridized carbons (Fsp3) is 0.316. The molecular formula is C76H94N20O16. The van der Waals surface area contributed by atoms with E-state index < -0.39 is 100 Å². The first-order valence-corrected chi connectivity index (χ1v) is 36.0. The summed E-state index contributed by atoms with van der Waals surface area (Å²) in [7, 11) is 0. The van der Waals surface area contributed by atoms with Gasteiger partial charge in [-0.25, -0.2) is 9.97 Å². The lowest BCUT2D eigenvalue weighted by Gasteiger charge is -2.14. The van der Waals surface area contributed by atoms with Crippen molar-refractivity contribution >= 4 is 93.6 Å². The highest BCUT2D eigenvalue weighted by atomic mass is 16.5. The number of nitrogens with one attached hydrogen (secondary N) is 10. The van der Waals surface area contributed by atoms with Gasteiger partial charge in [0.25, 0.3) is 47.3 Å². The molecule has 7 aromatic rings. The van der Waals surface area contributed by atoms with Gasteiger partial charge in [0.15, 0.2) is 52.9 Å². The van der Waals surface area contributed by atoms with Gasteiger partial charge in [-0.15, -0.1) is 0 Å². The summed E-state index contributed by atoms with van der Waals surface area (Å²) in [5.41, 5.74) is 51.6. The molecule has 0 saturated heterocycles. The highest BCUT2D eigenvalue weighted by Crippen LogP contribution is 2.43. The van der Waals surface area contributed by atoms with Gasteiger partial charge in [0, 0.05) is 173 Å². The van der Waals surface area contributed by atoms with Crippen LogP contribution in [0.5, 0.6) is 46.0 Å². The largest absolute Gasteiger partial charge is 0.484 e. The number of fused-ring (bicyclic) bond motifs is 8. The van der Waals surface area contributed by atoms with Crippen LogP contribution in [0.4, 0.5) is 0 Å². The van der Waals surface area contributed by atoms with E-state index in [1.807, 2.05) is 0 Å². The van der Waals surface area contributed by atoms with E-state index in [1.54, 1.807) is 97.1 Å². The van der Waals surface area contributed by atoms with E-state index in [4.69, 9.17) is 93.7 Å². The maximum Gasteiger partial charge on any atom is 0.257 e. The summed E-state index contributed by atoms with van der Waals surface area (Å²) in [6.45, 7) is -1.04. The van der Waals surface area contributed by atoms with Gasteiger partial charge in [-0.1, -0.05) is 0 Å². The van der Waals surface area contributed by atoms with Crippen molar-refractivity contribution in [3.63, 3.8) is 0 Å². The Hall–Kier alpha value is -12.7. The van der Waals surface area contributed by atoms with Gasteiger partial charge in [0.1, 0.15) is 46.0 Å². The molecule has 2 aliphatic rings. The van der Waals surface area contributed by atoms with E-state index in [1.165, 1.54) is 24.3 Å². The lowest BCUT2D eigenvalue weighted by atomic mass is 10.0. The average Bonchev–Trinajstić information content (AvgIpc) is 1.53. The molecule has 0 unspecified atom stereocenters. The van der Waals surface area contributed by atoms with Crippen LogP contribution in [0.15, 0.2) is 97.1 Å². The van der Waals surface area contributed by atoms with Crippen LogP contribution in [0.25, 0.3) is 90.9 Å². The van der Waals surface area contributed by atoms with Gasteiger partial charge in [0.2, 0.25) is 0 Å². The number of benzene rings is 4. The molecule has 5 heterocycles. The first kappa shape index (κ1) is 83.4. The van der Waals surface area contributed by atoms with E-state index >= 15 is 0 Å². The molecule has 8 amide bonds.